The Morgan fingerprint density at radius 1 is 0.597 bits per heavy atom. The van der Waals surface area contributed by atoms with E-state index in [-0.39, 0.29) is 18.5 Å². The fourth-order valence-corrected chi connectivity index (χ4v) is 7.62. The maximum atomic E-state index is 12.9. The number of amides is 1. The van der Waals surface area contributed by atoms with Gasteiger partial charge in [-0.3, -0.25) is 9.59 Å². The first-order chi connectivity index (χ1) is 30.2. The number of unbranched alkanes of at least 4 members (excludes halogenated alkanes) is 24. The molecule has 1 amide bonds. The summed E-state index contributed by atoms with van der Waals surface area (Å²) >= 11 is 0. The highest BCUT2D eigenvalue weighted by Gasteiger charge is 2.44. The molecule has 6 N–H and O–H groups in total. The van der Waals surface area contributed by atoms with Crippen LogP contribution in [0.1, 0.15) is 213 Å². The first-order valence-electron chi connectivity index (χ1n) is 25.3. The van der Waals surface area contributed by atoms with Crippen molar-refractivity contribution >= 4 is 11.9 Å². The predicted molar refractivity (Wildman–Crippen MR) is 251 cm³/mol. The molecular formula is C51H93NO10. The summed E-state index contributed by atoms with van der Waals surface area (Å²) in [5, 5.41) is 54.0. The Labute approximate surface area is 377 Å². The maximum Gasteiger partial charge on any atom is 0.305 e. The smallest absolute Gasteiger partial charge is 0.305 e. The molecule has 0 aromatic rings. The van der Waals surface area contributed by atoms with Crippen molar-refractivity contribution in [2.24, 2.45) is 0 Å². The average Bonchev–Trinajstić information content (AvgIpc) is 3.27. The van der Waals surface area contributed by atoms with Crippen molar-refractivity contribution in [1.29, 1.82) is 0 Å². The van der Waals surface area contributed by atoms with Gasteiger partial charge in [0.15, 0.2) is 6.29 Å². The highest BCUT2D eigenvalue weighted by Crippen LogP contribution is 2.23. The summed E-state index contributed by atoms with van der Waals surface area (Å²) in [6, 6.07) is -0.823. The summed E-state index contributed by atoms with van der Waals surface area (Å²) < 4.78 is 16.6. The minimum atomic E-state index is -1.58. The number of hydrogen-bond acceptors (Lipinski definition) is 10. The van der Waals surface area contributed by atoms with Crippen LogP contribution in [0.4, 0.5) is 0 Å². The van der Waals surface area contributed by atoms with Crippen LogP contribution in [0.25, 0.3) is 0 Å². The lowest BCUT2D eigenvalue weighted by atomic mass is 9.99. The van der Waals surface area contributed by atoms with Crippen molar-refractivity contribution in [1.82, 2.24) is 5.32 Å². The van der Waals surface area contributed by atoms with Crippen LogP contribution in [-0.2, 0) is 23.8 Å². The molecule has 1 rings (SSSR count). The largest absolute Gasteiger partial charge is 0.466 e. The van der Waals surface area contributed by atoms with E-state index in [1.54, 1.807) is 6.08 Å². The highest BCUT2D eigenvalue weighted by atomic mass is 16.7. The zero-order valence-electron chi connectivity index (χ0n) is 39.3. The van der Waals surface area contributed by atoms with E-state index in [0.29, 0.717) is 19.4 Å². The molecule has 7 atom stereocenters. The Bertz CT molecular complexity index is 1130. The van der Waals surface area contributed by atoms with Crippen LogP contribution >= 0.6 is 0 Å². The molecular weight excluding hydrogens is 787 g/mol. The summed E-state index contributed by atoms with van der Waals surface area (Å²) in [6.45, 7) is 4.18. The minimum absolute atomic E-state index is 0.0553. The van der Waals surface area contributed by atoms with Crippen LogP contribution in [0, 0.1) is 0 Å². The third kappa shape index (κ3) is 31.7. The van der Waals surface area contributed by atoms with Crippen LogP contribution in [0.5, 0.6) is 0 Å². The molecule has 1 aliphatic rings. The summed E-state index contributed by atoms with van der Waals surface area (Å²) in [7, 11) is 0. The lowest BCUT2D eigenvalue weighted by Crippen LogP contribution is -2.60. The van der Waals surface area contributed by atoms with Crippen LogP contribution in [-0.4, -0.2) is 100 Å². The number of aliphatic hydroxyl groups is 5. The summed E-state index contributed by atoms with van der Waals surface area (Å²) in [5.74, 6) is -0.260. The van der Waals surface area contributed by atoms with Crippen LogP contribution in [0.3, 0.4) is 0 Å². The molecule has 1 aliphatic heterocycles. The third-order valence-corrected chi connectivity index (χ3v) is 11.7. The normalized spacial score (nSPS) is 20.4. The topological polar surface area (TPSA) is 175 Å². The van der Waals surface area contributed by atoms with Gasteiger partial charge in [0.25, 0.3) is 0 Å². The molecule has 0 aliphatic carbocycles. The molecule has 0 aromatic heterocycles. The van der Waals surface area contributed by atoms with Gasteiger partial charge in [-0.25, -0.2) is 0 Å². The molecule has 0 aromatic carbocycles. The van der Waals surface area contributed by atoms with Gasteiger partial charge in [0.1, 0.15) is 24.4 Å². The molecule has 7 unspecified atom stereocenters. The molecule has 1 fully saturated rings. The number of aliphatic hydroxyl groups excluding tert-OH is 5. The molecule has 11 nitrogen and oxygen atoms in total. The number of nitrogens with one attached hydrogen (secondary N) is 1. The Morgan fingerprint density at radius 3 is 1.68 bits per heavy atom. The maximum absolute atomic E-state index is 12.9. The van der Waals surface area contributed by atoms with Crippen LogP contribution < -0.4 is 5.32 Å². The SMILES string of the molecule is CCCC/C=C\C/C=C\CCCCCCCC(=O)OCCCCCCCCCCCCCC(=O)NC(COC1OC(CO)C(O)C(O)C1O)C(O)/C=C/CCCCCCCCC. The second-order valence-electron chi connectivity index (χ2n) is 17.5. The molecule has 62 heavy (non-hydrogen) atoms. The Morgan fingerprint density at radius 2 is 1.10 bits per heavy atom. The number of allylic oxidation sites excluding steroid dienone is 5. The number of carbonyl (C=O) groups excluding carboxylic acids is 2. The van der Waals surface area contributed by atoms with Gasteiger partial charge in [-0.05, 0) is 57.8 Å². The standard InChI is InChI=1S/C51H93NO10/c1-3-5-7-9-11-13-14-15-16-19-23-27-31-35-39-47(56)60-40-36-32-28-24-20-17-18-22-26-30-34-38-46(55)52-43(44(54)37-33-29-25-21-12-10-8-6-4-2)42-61-51-50(59)49(58)48(57)45(41-53)62-51/h9,11,14-15,33,37,43-45,48-51,53-54,57-59H,3-8,10,12-13,16-32,34-36,38-42H2,1-2H3,(H,52,55)/b11-9-,15-14-,37-33+. The van der Waals surface area contributed by atoms with Gasteiger partial charge in [-0.15, -0.1) is 0 Å². The molecule has 0 radical (unpaired) electrons. The van der Waals surface area contributed by atoms with Gasteiger partial charge in [0.05, 0.1) is 32.0 Å². The Balaban J connectivity index is 2.15. The van der Waals surface area contributed by atoms with Gasteiger partial charge >= 0.3 is 5.97 Å². The van der Waals surface area contributed by atoms with E-state index < -0.39 is 49.5 Å². The second kappa shape index (κ2) is 41.6. The predicted octanol–water partition coefficient (Wildman–Crippen LogP) is 9.99. The molecule has 0 saturated carbocycles. The van der Waals surface area contributed by atoms with Crippen molar-refractivity contribution in [2.45, 2.75) is 256 Å². The van der Waals surface area contributed by atoms with Crippen molar-refractivity contribution in [2.75, 3.05) is 19.8 Å². The fourth-order valence-electron chi connectivity index (χ4n) is 7.62. The minimum Gasteiger partial charge on any atom is -0.466 e. The van der Waals surface area contributed by atoms with Crippen LogP contribution in [0.2, 0.25) is 0 Å². The molecule has 1 saturated heterocycles. The summed E-state index contributed by atoms with van der Waals surface area (Å²) in [4.78, 5) is 25.0. The Kier molecular flexibility index (Phi) is 38.8. The molecule has 11 heteroatoms. The fraction of sp³-hybridized carbons (Fsp3) is 0.843. The Hall–Kier alpha value is -2.12. The molecule has 362 valence electrons. The zero-order chi connectivity index (χ0) is 45.3. The van der Waals surface area contributed by atoms with Gasteiger partial charge in [0.2, 0.25) is 5.91 Å². The van der Waals surface area contributed by atoms with Gasteiger partial charge in [-0.2, -0.15) is 0 Å². The van der Waals surface area contributed by atoms with E-state index in [0.717, 1.165) is 89.9 Å². The highest BCUT2D eigenvalue weighted by molar-refractivity contribution is 5.76. The van der Waals surface area contributed by atoms with Crippen LogP contribution in [0.15, 0.2) is 36.5 Å². The van der Waals surface area contributed by atoms with E-state index in [1.807, 2.05) is 6.08 Å². The van der Waals surface area contributed by atoms with Gasteiger partial charge < -0.3 is 45.1 Å². The number of carbonyl (C=O) groups is 2. The monoisotopic (exact) mass is 880 g/mol. The molecule has 0 bridgehead atoms. The van der Waals surface area contributed by atoms with E-state index in [1.165, 1.54) is 96.3 Å². The van der Waals surface area contributed by atoms with E-state index in [2.05, 4.69) is 43.5 Å². The van der Waals surface area contributed by atoms with Crippen molar-refractivity contribution in [3.05, 3.63) is 36.5 Å². The molecule has 0 spiro atoms. The van der Waals surface area contributed by atoms with E-state index >= 15 is 0 Å². The number of ether oxygens (including phenoxy) is 3. The van der Waals surface area contributed by atoms with Crippen molar-refractivity contribution in [3.63, 3.8) is 0 Å². The summed E-state index contributed by atoms with van der Waals surface area (Å²) in [6.07, 6.45) is 37.9. The first-order valence-corrected chi connectivity index (χ1v) is 25.3. The third-order valence-electron chi connectivity index (χ3n) is 11.7. The van der Waals surface area contributed by atoms with E-state index in [9.17, 15) is 35.1 Å². The van der Waals surface area contributed by atoms with E-state index in [4.69, 9.17) is 14.2 Å². The quantitative estimate of drug-likeness (QED) is 0.0197. The lowest BCUT2D eigenvalue weighted by molar-refractivity contribution is -0.302. The van der Waals surface area contributed by atoms with Gasteiger partial charge in [-0.1, -0.05) is 179 Å². The zero-order valence-corrected chi connectivity index (χ0v) is 39.3. The molecule has 1 heterocycles. The van der Waals surface area contributed by atoms with Gasteiger partial charge in [0, 0.05) is 12.8 Å². The second-order valence-corrected chi connectivity index (χ2v) is 17.5. The van der Waals surface area contributed by atoms with Crippen molar-refractivity contribution < 1.29 is 49.3 Å². The number of hydrogen-bond donors (Lipinski definition) is 6. The first kappa shape index (κ1) is 57.9. The lowest BCUT2D eigenvalue weighted by Gasteiger charge is -2.40. The average molecular weight is 880 g/mol. The summed E-state index contributed by atoms with van der Waals surface area (Å²) in [5.41, 5.74) is 0. The van der Waals surface area contributed by atoms with Crippen molar-refractivity contribution in [3.8, 4) is 0 Å². The number of esters is 1. The number of rotatable bonds is 42.